The standard InChI is InChI=1S/C15H24ClNO.ClH/c1-5-6-18-15-13(10(2)3)8-12(7-11(4)17)9-14(15)16;/h8-11H,5-7,17H2,1-4H3;1H. The Hall–Kier alpha value is -0.440. The van der Waals surface area contributed by atoms with Gasteiger partial charge in [0.25, 0.3) is 0 Å². The van der Waals surface area contributed by atoms with Crippen LogP contribution in [0.25, 0.3) is 0 Å². The topological polar surface area (TPSA) is 35.2 Å². The third-order valence-corrected chi connectivity index (χ3v) is 3.04. The van der Waals surface area contributed by atoms with E-state index in [4.69, 9.17) is 22.1 Å². The van der Waals surface area contributed by atoms with Crippen LogP contribution in [0.15, 0.2) is 12.1 Å². The third kappa shape index (κ3) is 5.60. The average Bonchev–Trinajstić information content (AvgIpc) is 2.26. The summed E-state index contributed by atoms with van der Waals surface area (Å²) in [6.07, 6.45) is 1.82. The number of rotatable bonds is 6. The lowest BCUT2D eigenvalue weighted by molar-refractivity contribution is 0.313. The van der Waals surface area contributed by atoms with Gasteiger partial charge in [-0.15, -0.1) is 12.4 Å². The van der Waals surface area contributed by atoms with E-state index in [1.807, 2.05) is 13.0 Å². The maximum atomic E-state index is 6.33. The van der Waals surface area contributed by atoms with Gasteiger partial charge >= 0.3 is 0 Å². The van der Waals surface area contributed by atoms with Crippen LogP contribution in [0.3, 0.4) is 0 Å². The van der Waals surface area contributed by atoms with E-state index in [-0.39, 0.29) is 18.4 Å². The van der Waals surface area contributed by atoms with Crippen LogP contribution in [0.2, 0.25) is 5.02 Å². The van der Waals surface area contributed by atoms with Crippen LogP contribution in [-0.2, 0) is 6.42 Å². The minimum atomic E-state index is 0. The van der Waals surface area contributed by atoms with Crippen molar-refractivity contribution in [2.75, 3.05) is 6.61 Å². The number of halogens is 2. The normalized spacial score (nSPS) is 12.2. The van der Waals surface area contributed by atoms with Gasteiger partial charge in [-0.3, -0.25) is 0 Å². The van der Waals surface area contributed by atoms with Gasteiger partial charge in [0.05, 0.1) is 11.6 Å². The molecule has 1 unspecified atom stereocenters. The van der Waals surface area contributed by atoms with Crippen LogP contribution in [0.5, 0.6) is 5.75 Å². The van der Waals surface area contributed by atoms with Gasteiger partial charge in [-0.05, 0) is 42.9 Å². The van der Waals surface area contributed by atoms with Crippen LogP contribution in [0.1, 0.15) is 51.2 Å². The van der Waals surface area contributed by atoms with Crippen molar-refractivity contribution < 1.29 is 4.74 Å². The lowest BCUT2D eigenvalue weighted by Gasteiger charge is -2.18. The Labute approximate surface area is 128 Å². The van der Waals surface area contributed by atoms with Gasteiger partial charge in [-0.25, -0.2) is 0 Å². The van der Waals surface area contributed by atoms with E-state index < -0.39 is 0 Å². The fraction of sp³-hybridized carbons (Fsp3) is 0.600. The van der Waals surface area contributed by atoms with Crippen molar-refractivity contribution in [2.24, 2.45) is 5.73 Å². The molecule has 2 N–H and O–H groups in total. The van der Waals surface area contributed by atoms with Gasteiger partial charge in [0, 0.05) is 6.04 Å². The zero-order valence-corrected chi connectivity index (χ0v) is 13.8. The minimum absolute atomic E-state index is 0. The summed E-state index contributed by atoms with van der Waals surface area (Å²) in [5.74, 6) is 1.23. The van der Waals surface area contributed by atoms with Gasteiger partial charge in [0.2, 0.25) is 0 Å². The number of hydrogen-bond acceptors (Lipinski definition) is 2. The summed E-state index contributed by atoms with van der Waals surface area (Å²) in [5, 5.41) is 0.699. The molecule has 0 amide bonds. The highest BCUT2D eigenvalue weighted by atomic mass is 35.5. The van der Waals surface area contributed by atoms with Crippen molar-refractivity contribution in [2.45, 2.75) is 52.5 Å². The van der Waals surface area contributed by atoms with E-state index >= 15 is 0 Å². The largest absolute Gasteiger partial charge is 0.492 e. The Balaban J connectivity index is 0.00000324. The van der Waals surface area contributed by atoms with Gasteiger partial charge in [0.15, 0.2) is 0 Å². The molecular formula is C15H25Cl2NO. The van der Waals surface area contributed by atoms with Gasteiger partial charge in [0.1, 0.15) is 5.75 Å². The monoisotopic (exact) mass is 305 g/mol. The van der Waals surface area contributed by atoms with E-state index in [1.54, 1.807) is 0 Å². The van der Waals surface area contributed by atoms with Crippen molar-refractivity contribution >= 4 is 24.0 Å². The Morgan fingerprint density at radius 2 is 1.89 bits per heavy atom. The summed E-state index contributed by atoms with van der Waals surface area (Å²) in [6, 6.07) is 4.29. The number of nitrogens with two attached hydrogens (primary N) is 1. The molecule has 1 rings (SSSR count). The molecule has 0 saturated heterocycles. The lowest BCUT2D eigenvalue weighted by Crippen LogP contribution is -2.18. The second-order valence-corrected chi connectivity index (χ2v) is 5.59. The average molecular weight is 306 g/mol. The molecule has 0 aliphatic rings. The smallest absolute Gasteiger partial charge is 0.141 e. The summed E-state index contributed by atoms with van der Waals surface area (Å²) in [4.78, 5) is 0. The summed E-state index contributed by atoms with van der Waals surface area (Å²) < 4.78 is 5.78. The van der Waals surface area contributed by atoms with Crippen molar-refractivity contribution in [1.82, 2.24) is 0 Å². The van der Waals surface area contributed by atoms with Crippen molar-refractivity contribution in [3.05, 3.63) is 28.3 Å². The highest BCUT2D eigenvalue weighted by Gasteiger charge is 2.14. The highest BCUT2D eigenvalue weighted by molar-refractivity contribution is 6.32. The number of hydrogen-bond donors (Lipinski definition) is 1. The molecule has 110 valence electrons. The molecule has 0 fully saturated rings. The summed E-state index contributed by atoms with van der Waals surface area (Å²) in [7, 11) is 0. The molecule has 0 heterocycles. The van der Waals surface area contributed by atoms with E-state index in [0.717, 1.165) is 18.6 Å². The molecule has 0 saturated carbocycles. The SMILES string of the molecule is CCCOc1c(Cl)cc(CC(C)N)cc1C(C)C.Cl. The Kier molecular flexibility index (Phi) is 8.47. The van der Waals surface area contributed by atoms with Gasteiger partial charge in [-0.1, -0.05) is 38.4 Å². The predicted octanol–water partition coefficient (Wildman–Crippen LogP) is 4.56. The quantitative estimate of drug-likeness (QED) is 0.836. The van der Waals surface area contributed by atoms with E-state index in [2.05, 4.69) is 26.8 Å². The van der Waals surface area contributed by atoms with Crippen LogP contribution >= 0.6 is 24.0 Å². The number of benzene rings is 1. The first-order chi connectivity index (χ1) is 8.45. The van der Waals surface area contributed by atoms with Gasteiger partial charge < -0.3 is 10.5 Å². The molecule has 0 spiro atoms. The van der Waals surface area contributed by atoms with Crippen LogP contribution < -0.4 is 10.5 Å². The molecule has 0 radical (unpaired) electrons. The summed E-state index contributed by atoms with van der Waals surface area (Å²) in [6.45, 7) is 9.10. The highest BCUT2D eigenvalue weighted by Crippen LogP contribution is 2.35. The van der Waals surface area contributed by atoms with E-state index in [1.165, 1.54) is 11.1 Å². The van der Waals surface area contributed by atoms with Crippen molar-refractivity contribution in [1.29, 1.82) is 0 Å². The van der Waals surface area contributed by atoms with Crippen molar-refractivity contribution in [3.8, 4) is 5.75 Å². The summed E-state index contributed by atoms with van der Waals surface area (Å²) >= 11 is 6.33. The molecule has 0 aliphatic heterocycles. The molecular weight excluding hydrogens is 281 g/mol. The number of ether oxygens (including phenoxy) is 1. The third-order valence-electron chi connectivity index (χ3n) is 2.76. The fourth-order valence-corrected chi connectivity index (χ4v) is 2.25. The molecule has 19 heavy (non-hydrogen) atoms. The fourth-order valence-electron chi connectivity index (χ4n) is 1.95. The van der Waals surface area contributed by atoms with Gasteiger partial charge in [-0.2, -0.15) is 0 Å². The second-order valence-electron chi connectivity index (χ2n) is 5.18. The van der Waals surface area contributed by atoms with Crippen LogP contribution in [0, 0.1) is 0 Å². The van der Waals surface area contributed by atoms with Crippen molar-refractivity contribution in [3.63, 3.8) is 0 Å². The lowest BCUT2D eigenvalue weighted by atomic mass is 9.97. The first-order valence-corrected chi connectivity index (χ1v) is 7.04. The van der Waals surface area contributed by atoms with Crippen LogP contribution in [-0.4, -0.2) is 12.6 Å². The zero-order chi connectivity index (χ0) is 13.7. The Morgan fingerprint density at radius 1 is 1.26 bits per heavy atom. The zero-order valence-electron chi connectivity index (χ0n) is 12.2. The molecule has 1 aromatic rings. The summed E-state index contributed by atoms with van der Waals surface area (Å²) in [5.41, 5.74) is 8.20. The maximum absolute atomic E-state index is 6.33. The first-order valence-electron chi connectivity index (χ1n) is 6.66. The molecule has 0 aromatic heterocycles. The minimum Gasteiger partial charge on any atom is -0.492 e. The molecule has 0 bridgehead atoms. The van der Waals surface area contributed by atoms with Crippen LogP contribution in [0.4, 0.5) is 0 Å². The Bertz CT molecular complexity index is 392. The maximum Gasteiger partial charge on any atom is 0.141 e. The van der Waals surface area contributed by atoms with E-state index in [0.29, 0.717) is 17.5 Å². The first kappa shape index (κ1) is 18.6. The predicted molar refractivity (Wildman–Crippen MR) is 85.9 cm³/mol. The molecule has 2 nitrogen and oxygen atoms in total. The van der Waals surface area contributed by atoms with E-state index in [9.17, 15) is 0 Å². The molecule has 0 aliphatic carbocycles. The molecule has 4 heteroatoms. The molecule has 1 aromatic carbocycles. The Morgan fingerprint density at radius 3 is 2.37 bits per heavy atom. The molecule has 1 atom stereocenters. The second kappa shape index (κ2) is 8.68.